The van der Waals surface area contributed by atoms with Gasteiger partial charge in [0, 0.05) is 31.0 Å². The predicted molar refractivity (Wildman–Crippen MR) is 82.3 cm³/mol. The minimum Gasteiger partial charge on any atom is -0.378 e. The summed E-state index contributed by atoms with van der Waals surface area (Å²) in [6.45, 7) is 5.13. The zero-order valence-corrected chi connectivity index (χ0v) is 12.7. The van der Waals surface area contributed by atoms with Crippen molar-refractivity contribution >= 4 is 5.91 Å². The Labute approximate surface area is 126 Å². The van der Waals surface area contributed by atoms with Crippen molar-refractivity contribution in [3.8, 4) is 0 Å². The maximum Gasteiger partial charge on any atom is 0.221 e. The van der Waals surface area contributed by atoms with Crippen LogP contribution in [0.25, 0.3) is 0 Å². The topological polar surface area (TPSA) is 50.4 Å². The van der Waals surface area contributed by atoms with Crippen molar-refractivity contribution in [3.05, 3.63) is 35.4 Å². The number of carbonyl (C=O) groups is 1. The van der Waals surface area contributed by atoms with Gasteiger partial charge in [0.05, 0.1) is 13.2 Å². The van der Waals surface area contributed by atoms with Crippen molar-refractivity contribution in [1.82, 2.24) is 10.6 Å². The van der Waals surface area contributed by atoms with E-state index < -0.39 is 0 Å². The molecule has 2 N–H and O–H groups in total. The quantitative estimate of drug-likeness (QED) is 0.864. The Morgan fingerprint density at radius 1 is 1.43 bits per heavy atom. The zero-order valence-electron chi connectivity index (χ0n) is 12.7. The fourth-order valence-electron chi connectivity index (χ4n) is 3.17. The number of nitrogens with one attached hydrogen (secondary N) is 2. The summed E-state index contributed by atoms with van der Waals surface area (Å²) < 4.78 is 5.38. The highest BCUT2D eigenvalue weighted by molar-refractivity contribution is 5.76. The second-order valence-corrected chi connectivity index (χ2v) is 6.30. The molecular formula is C17H24N2O2. The number of ether oxygens (including phenoxy) is 1. The maximum absolute atomic E-state index is 12.1. The van der Waals surface area contributed by atoms with Crippen LogP contribution in [0.5, 0.6) is 0 Å². The van der Waals surface area contributed by atoms with E-state index in [9.17, 15) is 4.79 Å². The van der Waals surface area contributed by atoms with Gasteiger partial charge in [-0.3, -0.25) is 4.79 Å². The SMILES string of the molecule is Cc1ccccc1C1(CNC(=O)CC2COCCN2)CC1. The summed E-state index contributed by atoms with van der Waals surface area (Å²) in [6, 6.07) is 8.67. The predicted octanol–water partition coefficient (Wildman–Crippen LogP) is 1.52. The number of morpholine rings is 1. The van der Waals surface area contributed by atoms with Crippen molar-refractivity contribution < 1.29 is 9.53 Å². The summed E-state index contributed by atoms with van der Waals surface area (Å²) in [4.78, 5) is 12.1. The standard InChI is InChI=1S/C17H24N2O2/c1-13-4-2-3-5-15(13)17(6-7-17)12-19-16(20)10-14-11-21-9-8-18-14/h2-5,14,18H,6-12H2,1H3,(H,19,20). The third kappa shape index (κ3) is 3.44. The second kappa shape index (κ2) is 6.16. The van der Waals surface area contributed by atoms with Gasteiger partial charge in [-0.1, -0.05) is 24.3 Å². The molecule has 4 heteroatoms. The number of rotatable bonds is 5. The molecule has 1 aromatic carbocycles. The van der Waals surface area contributed by atoms with E-state index in [0.717, 1.165) is 19.7 Å². The molecule has 1 heterocycles. The number of aryl methyl sites for hydroxylation is 1. The van der Waals surface area contributed by atoms with Gasteiger partial charge in [0.2, 0.25) is 5.91 Å². The molecule has 1 aliphatic carbocycles. The molecule has 0 aromatic heterocycles. The van der Waals surface area contributed by atoms with Gasteiger partial charge < -0.3 is 15.4 Å². The third-order valence-corrected chi connectivity index (χ3v) is 4.62. The molecule has 1 unspecified atom stereocenters. The maximum atomic E-state index is 12.1. The second-order valence-electron chi connectivity index (χ2n) is 6.30. The molecule has 1 saturated heterocycles. The molecule has 114 valence electrons. The number of amides is 1. The molecule has 1 saturated carbocycles. The lowest BCUT2D eigenvalue weighted by Gasteiger charge is -2.24. The van der Waals surface area contributed by atoms with E-state index in [2.05, 4.69) is 41.8 Å². The van der Waals surface area contributed by atoms with Gasteiger partial charge in [0.15, 0.2) is 0 Å². The van der Waals surface area contributed by atoms with Crippen LogP contribution in [-0.2, 0) is 14.9 Å². The first-order valence-corrected chi connectivity index (χ1v) is 7.84. The smallest absolute Gasteiger partial charge is 0.221 e. The first-order valence-electron chi connectivity index (χ1n) is 7.84. The van der Waals surface area contributed by atoms with Crippen molar-refractivity contribution in [1.29, 1.82) is 0 Å². The van der Waals surface area contributed by atoms with Gasteiger partial charge in [-0.15, -0.1) is 0 Å². The van der Waals surface area contributed by atoms with Crippen LogP contribution < -0.4 is 10.6 Å². The Morgan fingerprint density at radius 3 is 2.90 bits per heavy atom. The summed E-state index contributed by atoms with van der Waals surface area (Å²) in [5, 5.41) is 6.44. The van der Waals surface area contributed by atoms with Gasteiger partial charge in [0.1, 0.15) is 0 Å². The Balaban J connectivity index is 1.52. The molecule has 1 aliphatic heterocycles. The Morgan fingerprint density at radius 2 is 2.24 bits per heavy atom. The number of benzene rings is 1. The van der Waals surface area contributed by atoms with Crippen LogP contribution in [-0.4, -0.2) is 38.3 Å². The van der Waals surface area contributed by atoms with Gasteiger partial charge >= 0.3 is 0 Å². The van der Waals surface area contributed by atoms with Gasteiger partial charge in [-0.2, -0.15) is 0 Å². The molecule has 0 radical (unpaired) electrons. The minimum absolute atomic E-state index is 0.123. The van der Waals surface area contributed by atoms with Gasteiger partial charge in [-0.25, -0.2) is 0 Å². The molecule has 1 atom stereocenters. The van der Waals surface area contributed by atoms with Crippen LogP contribution in [0.3, 0.4) is 0 Å². The number of carbonyl (C=O) groups excluding carboxylic acids is 1. The van der Waals surface area contributed by atoms with Crippen LogP contribution in [0.4, 0.5) is 0 Å². The van der Waals surface area contributed by atoms with Crippen molar-refractivity contribution in [2.24, 2.45) is 0 Å². The van der Waals surface area contributed by atoms with Crippen molar-refractivity contribution in [3.63, 3.8) is 0 Å². The lowest BCUT2D eigenvalue weighted by molar-refractivity contribution is -0.122. The highest BCUT2D eigenvalue weighted by atomic mass is 16.5. The van der Waals surface area contributed by atoms with Crippen LogP contribution in [0, 0.1) is 6.92 Å². The Hall–Kier alpha value is -1.39. The number of hydrogen-bond acceptors (Lipinski definition) is 3. The molecule has 0 bridgehead atoms. The van der Waals surface area contributed by atoms with Crippen LogP contribution in [0.1, 0.15) is 30.4 Å². The van der Waals surface area contributed by atoms with Crippen LogP contribution >= 0.6 is 0 Å². The molecule has 21 heavy (non-hydrogen) atoms. The van der Waals surface area contributed by atoms with E-state index in [1.54, 1.807) is 0 Å². The zero-order chi connectivity index (χ0) is 14.7. The molecular weight excluding hydrogens is 264 g/mol. The highest BCUT2D eigenvalue weighted by Gasteiger charge is 2.45. The fraction of sp³-hybridized carbons (Fsp3) is 0.588. The lowest BCUT2D eigenvalue weighted by Crippen LogP contribution is -2.45. The Bertz CT molecular complexity index is 505. The first-order chi connectivity index (χ1) is 10.2. The van der Waals surface area contributed by atoms with Crippen LogP contribution in [0.15, 0.2) is 24.3 Å². The van der Waals surface area contributed by atoms with E-state index in [4.69, 9.17) is 4.74 Å². The van der Waals surface area contributed by atoms with Gasteiger partial charge in [-0.05, 0) is 30.9 Å². The summed E-state index contributed by atoms with van der Waals surface area (Å²) >= 11 is 0. The normalized spacial score (nSPS) is 23.6. The molecule has 1 aromatic rings. The van der Waals surface area contributed by atoms with E-state index in [0.29, 0.717) is 13.0 Å². The average Bonchev–Trinajstić information content (AvgIpc) is 3.28. The van der Waals surface area contributed by atoms with Crippen molar-refractivity contribution in [2.75, 3.05) is 26.3 Å². The average molecular weight is 288 g/mol. The number of hydrogen-bond donors (Lipinski definition) is 2. The van der Waals surface area contributed by atoms with E-state index in [-0.39, 0.29) is 17.4 Å². The lowest BCUT2D eigenvalue weighted by atomic mass is 9.92. The summed E-state index contributed by atoms with van der Waals surface area (Å²) in [6.07, 6.45) is 2.84. The van der Waals surface area contributed by atoms with E-state index in [1.807, 2.05) is 0 Å². The molecule has 2 aliphatic rings. The summed E-state index contributed by atoms with van der Waals surface area (Å²) in [5.74, 6) is 0.123. The monoisotopic (exact) mass is 288 g/mol. The first kappa shape index (κ1) is 14.5. The summed E-state index contributed by atoms with van der Waals surface area (Å²) in [5.41, 5.74) is 2.90. The molecule has 2 fully saturated rings. The largest absolute Gasteiger partial charge is 0.378 e. The van der Waals surface area contributed by atoms with Gasteiger partial charge in [0.25, 0.3) is 0 Å². The van der Waals surface area contributed by atoms with E-state index >= 15 is 0 Å². The Kier molecular flexibility index (Phi) is 4.27. The molecule has 0 spiro atoms. The molecule has 3 rings (SSSR count). The van der Waals surface area contributed by atoms with Crippen LogP contribution in [0.2, 0.25) is 0 Å². The third-order valence-electron chi connectivity index (χ3n) is 4.62. The highest BCUT2D eigenvalue weighted by Crippen LogP contribution is 2.48. The fourth-order valence-corrected chi connectivity index (χ4v) is 3.17. The molecule has 4 nitrogen and oxygen atoms in total. The van der Waals surface area contributed by atoms with E-state index in [1.165, 1.54) is 24.0 Å². The van der Waals surface area contributed by atoms with Crippen molar-refractivity contribution in [2.45, 2.75) is 37.6 Å². The minimum atomic E-state index is 0.123. The molecule has 1 amide bonds. The summed E-state index contributed by atoms with van der Waals surface area (Å²) in [7, 11) is 0.